The minimum Gasteiger partial charge on any atom is -0.307 e. The second-order valence-corrected chi connectivity index (χ2v) is 8.04. The first-order chi connectivity index (χ1) is 13.1. The van der Waals surface area contributed by atoms with Crippen molar-refractivity contribution < 1.29 is 22.9 Å². The summed E-state index contributed by atoms with van der Waals surface area (Å²) in [5.74, 6) is -0.545. The van der Waals surface area contributed by atoms with Gasteiger partial charge in [0.2, 0.25) is 0 Å². The van der Waals surface area contributed by atoms with E-state index < -0.39 is 22.6 Å². The molecule has 5 nitrogen and oxygen atoms in total. The van der Waals surface area contributed by atoms with Gasteiger partial charge >= 0.3 is 6.18 Å². The Balaban J connectivity index is 2.11. The van der Waals surface area contributed by atoms with Gasteiger partial charge in [-0.2, -0.15) is 13.2 Å². The molecule has 28 heavy (non-hydrogen) atoms. The Hall–Kier alpha value is -2.55. The summed E-state index contributed by atoms with van der Waals surface area (Å²) in [6.07, 6.45) is -3.95. The summed E-state index contributed by atoms with van der Waals surface area (Å²) in [6, 6.07) is 7.52. The van der Waals surface area contributed by atoms with Crippen LogP contribution in [0.5, 0.6) is 0 Å². The van der Waals surface area contributed by atoms with Crippen molar-refractivity contribution in [2.45, 2.75) is 36.6 Å². The summed E-state index contributed by atoms with van der Waals surface area (Å²) in [7, 11) is 0. The van der Waals surface area contributed by atoms with Gasteiger partial charge in [0.05, 0.1) is 16.2 Å². The number of carbonyl (C=O) groups excluding carboxylic acids is 1. The van der Waals surface area contributed by atoms with Crippen molar-refractivity contribution in [3.8, 4) is 0 Å². The van der Waals surface area contributed by atoms with Gasteiger partial charge < -0.3 is 4.90 Å². The minimum atomic E-state index is -4.53. The molecule has 1 atom stereocenters. The largest absolute Gasteiger partial charge is 0.416 e. The smallest absolute Gasteiger partial charge is 0.307 e. The van der Waals surface area contributed by atoms with E-state index in [4.69, 9.17) is 0 Å². The lowest BCUT2D eigenvalue weighted by atomic mass is 10.0. The van der Waals surface area contributed by atoms with Crippen LogP contribution in [-0.2, 0) is 6.18 Å². The molecule has 0 spiro atoms. The fourth-order valence-corrected chi connectivity index (χ4v) is 4.21. The first-order valence-electron chi connectivity index (χ1n) is 8.53. The van der Waals surface area contributed by atoms with Crippen LogP contribution in [-0.4, -0.2) is 22.6 Å². The quantitative estimate of drug-likeness (QED) is 0.488. The number of anilines is 1. The van der Waals surface area contributed by atoms with Gasteiger partial charge in [0.25, 0.3) is 11.6 Å². The Kier molecular flexibility index (Phi) is 5.38. The fraction of sp³-hybridized carbons (Fsp3) is 0.316. The normalized spacial score (nSPS) is 17.0. The Morgan fingerprint density at radius 2 is 2.00 bits per heavy atom. The van der Waals surface area contributed by atoms with E-state index >= 15 is 0 Å². The van der Waals surface area contributed by atoms with Crippen molar-refractivity contribution >= 4 is 29.0 Å². The van der Waals surface area contributed by atoms with E-state index in [1.807, 2.05) is 6.92 Å². The average molecular weight is 410 g/mol. The third-order valence-electron chi connectivity index (χ3n) is 4.64. The Morgan fingerprint density at radius 3 is 2.64 bits per heavy atom. The lowest BCUT2D eigenvalue weighted by Crippen LogP contribution is -2.33. The summed E-state index contributed by atoms with van der Waals surface area (Å²) in [5, 5.41) is 11.3. The third-order valence-corrected chi connectivity index (χ3v) is 5.88. The molecule has 0 N–H and O–H groups in total. The number of carbonyl (C=O) groups is 1. The second-order valence-electron chi connectivity index (χ2n) is 6.56. The lowest BCUT2D eigenvalue weighted by molar-refractivity contribution is -0.385. The molecule has 1 aliphatic rings. The van der Waals surface area contributed by atoms with E-state index in [9.17, 15) is 28.1 Å². The maximum atomic E-state index is 13.2. The van der Waals surface area contributed by atoms with Crippen LogP contribution in [0.15, 0.2) is 41.3 Å². The maximum absolute atomic E-state index is 13.2. The van der Waals surface area contributed by atoms with Gasteiger partial charge in [0, 0.05) is 33.9 Å². The first-order valence-corrected chi connectivity index (χ1v) is 9.41. The SMILES string of the molecule is Cc1c(C(=O)N2CCC(C)Sc3ccc(C(F)(F)F)cc32)cccc1[N+](=O)[O-]. The Bertz CT molecular complexity index is 947. The highest BCUT2D eigenvalue weighted by Gasteiger charge is 2.34. The monoisotopic (exact) mass is 410 g/mol. The molecule has 3 rings (SSSR count). The number of nitrogens with zero attached hydrogens (tertiary/aromatic N) is 2. The highest BCUT2D eigenvalue weighted by atomic mass is 32.2. The maximum Gasteiger partial charge on any atom is 0.416 e. The van der Waals surface area contributed by atoms with E-state index in [-0.39, 0.29) is 34.3 Å². The summed E-state index contributed by atoms with van der Waals surface area (Å²) >= 11 is 1.41. The molecule has 1 heterocycles. The standard InChI is InChI=1S/C19H17F3N2O3S/c1-11-8-9-23(16-10-13(19(20,21)22)6-7-17(16)28-11)18(25)14-4-3-5-15(12(14)2)24(26)27/h3-7,10-11H,8-9H2,1-2H3. The van der Waals surface area contributed by atoms with Crippen molar-refractivity contribution in [2.24, 2.45) is 0 Å². The van der Waals surface area contributed by atoms with Crippen molar-refractivity contribution in [3.63, 3.8) is 0 Å². The second kappa shape index (κ2) is 7.46. The van der Waals surface area contributed by atoms with Crippen molar-refractivity contribution in [3.05, 3.63) is 63.2 Å². The minimum absolute atomic E-state index is 0.108. The molecule has 0 radical (unpaired) electrons. The van der Waals surface area contributed by atoms with Crippen LogP contribution in [0.3, 0.4) is 0 Å². The van der Waals surface area contributed by atoms with Crippen molar-refractivity contribution in [1.29, 1.82) is 0 Å². The van der Waals surface area contributed by atoms with Crippen molar-refractivity contribution in [1.82, 2.24) is 0 Å². The number of halogens is 3. The van der Waals surface area contributed by atoms with Gasteiger partial charge in [-0.3, -0.25) is 14.9 Å². The van der Waals surface area contributed by atoms with Crippen LogP contribution >= 0.6 is 11.8 Å². The van der Waals surface area contributed by atoms with Gasteiger partial charge in [-0.1, -0.05) is 13.0 Å². The Labute approximate surface area is 163 Å². The zero-order valence-electron chi connectivity index (χ0n) is 15.1. The predicted molar refractivity (Wildman–Crippen MR) is 101 cm³/mol. The van der Waals surface area contributed by atoms with Gasteiger partial charge in [-0.25, -0.2) is 0 Å². The first kappa shape index (κ1) is 20.2. The van der Waals surface area contributed by atoms with E-state index in [0.29, 0.717) is 11.3 Å². The number of thioether (sulfide) groups is 1. The molecule has 0 aromatic heterocycles. The van der Waals surface area contributed by atoms with Crippen LogP contribution < -0.4 is 4.90 Å². The average Bonchev–Trinajstić information content (AvgIpc) is 2.78. The van der Waals surface area contributed by atoms with E-state index in [1.165, 1.54) is 47.9 Å². The number of nitro groups is 1. The Morgan fingerprint density at radius 1 is 1.29 bits per heavy atom. The number of nitro benzene ring substituents is 1. The molecule has 0 bridgehead atoms. The highest BCUT2D eigenvalue weighted by molar-refractivity contribution is 8.00. The predicted octanol–water partition coefficient (Wildman–Crippen LogP) is 5.45. The van der Waals surface area contributed by atoms with Gasteiger partial charge in [0.1, 0.15) is 0 Å². The highest BCUT2D eigenvalue weighted by Crippen LogP contribution is 2.42. The number of benzene rings is 2. The molecule has 0 saturated heterocycles. The fourth-order valence-electron chi connectivity index (χ4n) is 3.12. The molecule has 1 amide bonds. The molecule has 1 aliphatic heterocycles. The number of amides is 1. The zero-order chi connectivity index (χ0) is 20.6. The van der Waals surface area contributed by atoms with Crippen LogP contribution in [0, 0.1) is 17.0 Å². The molecule has 0 aliphatic carbocycles. The molecule has 0 saturated carbocycles. The summed E-state index contributed by atoms with van der Waals surface area (Å²) in [6.45, 7) is 3.63. The molecule has 2 aromatic carbocycles. The summed E-state index contributed by atoms with van der Waals surface area (Å²) < 4.78 is 39.6. The van der Waals surface area contributed by atoms with Gasteiger partial charge in [-0.05, 0) is 37.6 Å². The molecule has 1 unspecified atom stereocenters. The van der Waals surface area contributed by atoms with E-state index in [2.05, 4.69) is 0 Å². The molecule has 0 fully saturated rings. The van der Waals surface area contributed by atoms with Crippen molar-refractivity contribution in [2.75, 3.05) is 11.4 Å². The summed E-state index contributed by atoms with van der Waals surface area (Å²) in [4.78, 5) is 25.7. The van der Waals surface area contributed by atoms with Crippen LogP contribution in [0.1, 0.15) is 34.8 Å². The number of fused-ring (bicyclic) bond motifs is 1. The van der Waals surface area contributed by atoms with E-state index in [1.54, 1.807) is 0 Å². The molecular weight excluding hydrogens is 393 g/mol. The van der Waals surface area contributed by atoms with Gasteiger partial charge in [-0.15, -0.1) is 11.8 Å². The number of hydrogen-bond acceptors (Lipinski definition) is 4. The number of hydrogen-bond donors (Lipinski definition) is 0. The number of alkyl halides is 3. The van der Waals surface area contributed by atoms with Crippen LogP contribution in [0.2, 0.25) is 0 Å². The topological polar surface area (TPSA) is 63.5 Å². The van der Waals surface area contributed by atoms with Gasteiger partial charge in [0.15, 0.2) is 0 Å². The van der Waals surface area contributed by atoms with Crippen LogP contribution in [0.4, 0.5) is 24.5 Å². The number of rotatable bonds is 2. The van der Waals surface area contributed by atoms with Crippen LogP contribution in [0.25, 0.3) is 0 Å². The molecular formula is C19H17F3N2O3S. The zero-order valence-corrected chi connectivity index (χ0v) is 15.9. The third kappa shape index (κ3) is 3.84. The molecule has 9 heteroatoms. The van der Waals surface area contributed by atoms with E-state index in [0.717, 1.165) is 12.1 Å². The lowest BCUT2D eigenvalue weighted by Gasteiger charge is -2.24. The molecule has 2 aromatic rings. The molecule has 148 valence electrons. The summed E-state index contributed by atoms with van der Waals surface area (Å²) in [5.41, 5.74) is -0.559.